The molecule has 2 aromatic rings. The molecule has 1 fully saturated rings. The van der Waals surface area contributed by atoms with Gasteiger partial charge in [-0.2, -0.15) is 0 Å². The molecule has 21 heavy (non-hydrogen) atoms. The Labute approximate surface area is 129 Å². The molecular formula is C16H13BrF3N. The molecule has 0 amide bonds. The maximum atomic E-state index is 13.5. The number of anilines is 1. The highest BCUT2D eigenvalue weighted by atomic mass is 79.9. The van der Waals surface area contributed by atoms with Crippen molar-refractivity contribution in [3.63, 3.8) is 0 Å². The smallest absolute Gasteiger partial charge is 0.152 e. The second kappa shape index (κ2) is 5.72. The molecule has 5 heteroatoms. The van der Waals surface area contributed by atoms with Gasteiger partial charge in [0.25, 0.3) is 0 Å². The van der Waals surface area contributed by atoms with Crippen molar-refractivity contribution in [2.75, 3.05) is 5.32 Å². The van der Waals surface area contributed by atoms with Crippen molar-refractivity contribution in [3.8, 4) is 0 Å². The molecule has 110 valence electrons. The summed E-state index contributed by atoms with van der Waals surface area (Å²) in [6.07, 6.45) is 1.61. The van der Waals surface area contributed by atoms with Crippen LogP contribution >= 0.6 is 15.9 Å². The highest BCUT2D eigenvalue weighted by Crippen LogP contribution is 2.39. The monoisotopic (exact) mass is 355 g/mol. The Morgan fingerprint density at radius 2 is 1.52 bits per heavy atom. The van der Waals surface area contributed by atoms with Gasteiger partial charge in [0.15, 0.2) is 11.6 Å². The number of hydrogen-bond acceptors (Lipinski definition) is 1. The zero-order valence-corrected chi connectivity index (χ0v) is 12.6. The first kappa shape index (κ1) is 14.4. The summed E-state index contributed by atoms with van der Waals surface area (Å²) in [5.41, 5.74) is 0.979. The van der Waals surface area contributed by atoms with Crippen LogP contribution in [-0.4, -0.2) is 6.04 Å². The first-order valence-corrected chi connectivity index (χ1v) is 7.49. The fraction of sp³-hybridized carbons (Fsp3) is 0.250. The third kappa shape index (κ3) is 3.07. The minimum atomic E-state index is -0.906. The lowest BCUT2D eigenvalue weighted by molar-refractivity contribution is 0.371. The topological polar surface area (TPSA) is 12.0 Å². The highest BCUT2D eigenvalue weighted by Gasteiger charge is 2.31. The highest BCUT2D eigenvalue weighted by molar-refractivity contribution is 9.10. The van der Waals surface area contributed by atoms with E-state index in [0.29, 0.717) is 18.1 Å². The maximum absolute atomic E-state index is 13.5. The molecule has 1 nitrogen and oxygen atoms in total. The Hall–Kier alpha value is -1.49. The van der Waals surface area contributed by atoms with E-state index in [2.05, 4.69) is 21.2 Å². The molecule has 0 atom stereocenters. The van der Waals surface area contributed by atoms with Crippen molar-refractivity contribution >= 4 is 21.6 Å². The van der Waals surface area contributed by atoms with Crippen LogP contribution in [0.3, 0.4) is 0 Å². The van der Waals surface area contributed by atoms with Crippen molar-refractivity contribution < 1.29 is 13.2 Å². The molecule has 0 bridgehead atoms. The van der Waals surface area contributed by atoms with Crippen molar-refractivity contribution in [2.45, 2.75) is 24.8 Å². The van der Waals surface area contributed by atoms with Crippen molar-refractivity contribution in [1.82, 2.24) is 0 Å². The van der Waals surface area contributed by atoms with Gasteiger partial charge in [0.1, 0.15) is 11.5 Å². The molecule has 0 aromatic heterocycles. The average molecular weight is 356 g/mol. The van der Waals surface area contributed by atoms with E-state index < -0.39 is 17.5 Å². The van der Waals surface area contributed by atoms with Gasteiger partial charge in [-0.15, -0.1) is 0 Å². The number of hydrogen-bond donors (Lipinski definition) is 1. The van der Waals surface area contributed by atoms with E-state index >= 15 is 0 Å². The van der Waals surface area contributed by atoms with E-state index in [1.807, 2.05) is 24.3 Å². The third-order valence-electron chi connectivity index (χ3n) is 3.83. The summed E-state index contributed by atoms with van der Waals surface area (Å²) in [6, 6.07) is 9.44. The Kier molecular flexibility index (Phi) is 3.93. The molecule has 1 saturated carbocycles. The van der Waals surface area contributed by atoms with E-state index in [1.54, 1.807) is 0 Å². The van der Waals surface area contributed by atoms with Gasteiger partial charge in [-0.1, -0.05) is 28.1 Å². The second-order valence-corrected chi connectivity index (χ2v) is 6.22. The van der Waals surface area contributed by atoms with E-state index in [4.69, 9.17) is 0 Å². The molecule has 1 N–H and O–H groups in total. The number of rotatable bonds is 3. The van der Waals surface area contributed by atoms with Crippen LogP contribution in [0.2, 0.25) is 0 Å². The molecule has 0 saturated heterocycles. The SMILES string of the molecule is Fc1cc(F)c(NC2CC(c3ccc(Br)cc3)C2)c(F)c1. The summed E-state index contributed by atoms with van der Waals surface area (Å²) in [6.45, 7) is 0. The minimum Gasteiger partial charge on any atom is -0.378 e. The van der Waals surface area contributed by atoms with Gasteiger partial charge in [0.05, 0.1) is 0 Å². The van der Waals surface area contributed by atoms with Crippen LogP contribution < -0.4 is 5.32 Å². The first-order chi connectivity index (χ1) is 10.0. The van der Waals surface area contributed by atoms with E-state index in [9.17, 15) is 13.2 Å². The van der Waals surface area contributed by atoms with E-state index in [-0.39, 0.29) is 11.7 Å². The zero-order valence-electron chi connectivity index (χ0n) is 11.0. The normalized spacial score (nSPS) is 21.0. The van der Waals surface area contributed by atoms with Crippen LogP contribution in [0.25, 0.3) is 0 Å². The standard InChI is InChI=1S/C16H13BrF3N/c17-11-3-1-9(2-4-11)10-5-13(6-10)21-16-14(19)7-12(18)8-15(16)20/h1-4,7-8,10,13,21H,5-6H2. The fourth-order valence-electron chi connectivity index (χ4n) is 2.63. The molecule has 3 rings (SSSR count). The van der Waals surface area contributed by atoms with Gasteiger partial charge < -0.3 is 5.32 Å². The lowest BCUT2D eigenvalue weighted by atomic mass is 9.76. The van der Waals surface area contributed by atoms with Gasteiger partial charge in [0.2, 0.25) is 0 Å². The van der Waals surface area contributed by atoms with E-state index in [1.165, 1.54) is 5.56 Å². The minimum absolute atomic E-state index is 0.00751. The Morgan fingerprint density at radius 1 is 0.952 bits per heavy atom. The van der Waals surface area contributed by atoms with Crippen LogP contribution in [0.4, 0.5) is 18.9 Å². The Morgan fingerprint density at radius 3 is 2.10 bits per heavy atom. The van der Waals surface area contributed by atoms with Gasteiger partial charge in [-0.25, -0.2) is 13.2 Å². The lowest BCUT2D eigenvalue weighted by Gasteiger charge is -2.37. The zero-order chi connectivity index (χ0) is 15.0. The Balaban J connectivity index is 1.64. The van der Waals surface area contributed by atoms with Crippen LogP contribution in [0.5, 0.6) is 0 Å². The molecular weight excluding hydrogens is 343 g/mol. The summed E-state index contributed by atoms with van der Waals surface area (Å²) in [5.74, 6) is -2.29. The molecule has 0 heterocycles. The number of halogens is 4. The Bertz CT molecular complexity index is 628. The molecule has 2 aromatic carbocycles. The molecule has 0 aliphatic heterocycles. The first-order valence-electron chi connectivity index (χ1n) is 6.69. The quantitative estimate of drug-likeness (QED) is 0.795. The summed E-state index contributed by atoms with van der Waals surface area (Å²) >= 11 is 3.39. The molecule has 0 unspecified atom stereocenters. The number of nitrogens with one attached hydrogen (secondary N) is 1. The largest absolute Gasteiger partial charge is 0.378 e. The number of benzene rings is 2. The predicted molar refractivity (Wildman–Crippen MR) is 79.8 cm³/mol. The predicted octanol–water partition coefficient (Wildman–Crippen LogP) is 5.22. The summed E-state index contributed by atoms with van der Waals surface area (Å²) < 4.78 is 41.0. The maximum Gasteiger partial charge on any atom is 0.152 e. The van der Waals surface area contributed by atoms with Gasteiger partial charge in [0, 0.05) is 22.6 Å². The lowest BCUT2D eigenvalue weighted by Crippen LogP contribution is -2.34. The summed E-state index contributed by atoms with van der Waals surface area (Å²) in [7, 11) is 0. The van der Waals surface area contributed by atoms with Gasteiger partial charge >= 0.3 is 0 Å². The molecule has 1 aliphatic carbocycles. The summed E-state index contributed by atoms with van der Waals surface area (Å²) in [4.78, 5) is 0. The summed E-state index contributed by atoms with van der Waals surface area (Å²) in [5, 5.41) is 2.83. The van der Waals surface area contributed by atoms with Crippen LogP contribution in [0.15, 0.2) is 40.9 Å². The van der Waals surface area contributed by atoms with Gasteiger partial charge in [-0.05, 0) is 36.5 Å². The van der Waals surface area contributed by atoms with Crippen LogP contribution in [-0.2, 0) is 0 Å². The second-order valence-electron chi connectivity index (χ2n) is 5.31. The van der Waals surface area contributed by atoms with Crippen LogP contribution in [0, 0.1) is 17.5 Å². The van der Waals surface area contributed by atoms with Crippen molar-refractivity contribution in [1.29, 1.82) is 0 Å². The van der Waals surface area contributed by atoms with Crippen molar-refractivity contribution in [2.24, 2.45) is 0 Å². The molecule has 0 spiro atoms. The molecule has 0 radical (unpaired) electrons. The van der Waals surface area contributed by atoms with Gasteiger partial charge in [-0.3, -0.25) is 0 Å². The van der Waals surface area contributed by atoms with E-state index in [0.717, 1.165) is 17.3 Å². The van der Waals surface area contributed by atoms with Crippen molar-refractivity contribution in [3.05, 3.63) is 63.9 Å². The third-order valence-corrected chi connectivity index (χ3v) is 4.36. The van der Waals surface area contributed by atoms with Crippen LogP contribution in [0.1, 0.15) is 24.3 Å². The fourth-order valence-corrected chi connectivity index (χ4v) is 2.89. The average Bonchev–Trinajstić information content (AvgIpc) is 2.37. The molecule has 1 aliphatic rings.